The second kappa shape index (κ2) is 6.26. The Kier molecular flexibility index (Phi) is 3.71. The number of amides is 1. The number of anilines is 1. The Morgan fingerprint density at radius 1 is 1.29 bits per heavy atom. The number of halogens is 1. The van der Waals surface area contributed by atoms with Gasteiger partial charge in [0, 0.05) is 24.9 Å². The third-order valence-electron chi connectivity index (χ3n) is 4.99. The van der Waals surface area contributed by atoms with E-state index in [1.54, 1.807) is 22.8 Å². The number of carbonyl (C=O) groups is 1. The van der Waals surface area contributed by atoms with Gasteiger partial charge < -0.3 is 10.6 Å². The first-order valence-corrected chi connectivity index (χ1v) is 9.07. The van der Waals surface area contributed by atoms with Crippen molar-refractivity contribution < 1.29 is 9.18 Å². The van der Waals surface area contributed by atoms with Gasteiger partial charge in [-0.05, 0) is 36.8 Å². The molecule has 0 saturated heterocycles. The largest absolute Gasteiger partial charge is 0.363 e. The van der Waals surface area contributed by atoms with Gasteiger partial charge in [-0.25, -0.2) is 13.9 Å². The smallest absolute Gasteiger partial charge is 0.252 e. The van der Waals surface area contributed by atoms with E-state index in [4.69, 9.17) is 0 Å². The fourth-order valence-electron chi connectivity index (χ4n) is 3.67. The number of hydrogen-bond acceptors (Lipinski definition) is 5. The van der Waals surface area contributed by atoms with Crippen LogP contribution < -0.4 is 10.6 Å². The van der Waals surface area contributed by atoms with Crippen LogP contribution >= 0.6 is 0 Å². The minimum absolute atomic E-state index is 0.198. The van der Waals surface area contributed by atoms with Crippen LogP contribution in [0.1, 0.15) is 34.6 Å². The first-order chi connectivity index (χ1) is 13.6. The van der Waals surface area contributed by atoms with Crippen LogP contribution in [0.4, 0.5) is 10.2 Å². The normalized spacial score (nSPS) is 16.9. The third kappa shape index (κ3) is 2.65. The van der Waals surface area contributed by atoms with Gasteiger partial charge >= 0.3 is 0 Å². The predicted octanol–water partition coefficient (Wildman–Crippen LogP) is 2.88. The highest BCUT2D eigenvalue weighted by molar-refractivity contribution is 6.11. The number of hydrogen-bond donors (Lipinski definition) is 2. The Labute approximate surface area is 159 Å². The van der Waals surface area contributed by atoms with Crippen molar-refractivity contribution in [2.45, 2.75) is 19.4 Å². The van der Waals surface area contributed by atoms with E-state index < -0.39 is 5.82 Å². The summed E-state index contributed by atoms with van der Waals surface area (Å²) in [5.74, 6) is 0.0251. The molecular weight excluding hydrogens is 359 g/mol. The van der Waals surface area contributed by atoms with Crippen molar-refractivity contribution >= 4 is 28.3 Å². The van der Waals surface area contributed by atoms with Gasteiger partial charge in [-0.15, -0.1) is 0 Å². The molecule has 1 aromatic carbocycles. The molecule has 5 rings (SSSR count). The molecule has 28 heavy (non-hydrogen) atoms. The van der Waals surface area contributed by atoms with E-state index in [9.17, 15) is 9.18 Å². The van der Waals surface area contributed by atoms with Crippen molar-refractivity contribution in [2.75, 3.05) is 11.9 Å². The zero-order chi connectivity index (χ0) is 19.3. The summed E-state index contributed by atoms with van der Waals surface area (Å²) >= 11 is 0. The molecule has 0 radical (unpaired) electrons. The van der Waals surface area contributed by atoms with E-state index in [1.807, 2.05) is 19.1 Å². The summed E-state index contributed by atoms with van der Waals surface area (Å²) in [6.45, 7) is 2.33. The van der Waals surface area contributed by atoms with Gasteiger partial charge in [0.15, 0.2) is 5.65 Å². The monoisotopic (exact) mass is 376 g/mol. The number of rotatable bonds is 0. The molecule has 2 bridgehead atoms. The van der Waals surface area contributed by atoms with Gasteiger partial charge in [-0.1, -0.05) is 6.07 Å². The van der Waals surface area contributed by atoms with Gasteiger partial charge in [0.05, 0.1) is 28.7 Å². The molecule has 4 heterocycles. The van der Waals surface area contributed by atoms with E-state index in [-0.39, 0.29) is 11.9 Å². The summed E-state index contributed by atoms with van der Waals surface area (Å²) in [4.78, 5) is 21.7. The Bertz CT molecular complexity index is 1230. The summed E-state index contributed by atoms with van der Waals surface area (Å²) in [7, 11) is 0. The van der Waals surface area contributed by atoms with Gasteiger partial charge in [0.1, 0.15) is 11.6 Å². The van der Waals surface area contributed by atoms with Crippen molar-refractivity contribution in [2.24, 2.45) is 0 Å². The predicted molar refractivity (Wildman–Crippen MR) is 103 cm³/mol. The zero-order valence-electron chi connectivity index (χ0n) is 15.1. The minimum atomic E-state index is -0.394. The van der Waals surface area contributed by atoms with Crippen molar-refractivity contribution in [1.82, 2.24) is 24.9 Å². The molecule has 3 aromatic heterocycles. The molecular formula is C20H17FN6O. The minimum Gasteiger partial charge on any atom is -0.363 e. The lowest BCUT2D eigenvalue weighted by Crippen LogP contribution is -2.26. The topological polar surface area (TPSA) is 84.2 Å². The van der Waals surface area contributed by atoms with Crippen LogP contribution in [0.15, 0.2) is 42.7 Å². The van der Waals surface area contributed by atoms with Gasteiger partial charge in [-0.3, -0.25) is 9.78 Å². The molecule has 1 amide bonds. The fraction of sp³-hybridized carbons (Fsp3) is 0.200. The number of fused-ring (bicyclic) bond motifs is 2. The van der Waals surface area contributed by atoms with E-state index in [0.717, 1.165) is 11.3 Å². The molecule has 1 aliphatic rings. The summed E-state index contributed by atoms with van der Waals surface area (Å²) in [5.41, 5.74) is 3.30. The van der Waals surface area contributed by atoms with E-state index in [2.05, 4.69) is 25.7 Å². The van der Waals surface area contributed by atoms with Crippen molar-refractivity contribution in [1.29, 1.82) is 0 Å². The van der Waals surface area contributed by atoms with E-state index >= 15 is 0 Å². The maximum Gasteiger partial charge on any atom is 0.252 e. The molecule has 4 aromatic rings. The average molecular weight is 376 g/mol. The molecule has 0 saturated carbocycles. The summed E-state index contributed by atoms with van der Waals surface area (Å²) < 4.78 is 15.5. The number of pyridine rings is 1. The highest BCUT2D eigenvalue weighted by Gasteiger charge is 2.19. The standard InChI is InChI=1S/C20H17FN6O/c1-11-14-9-12(21)10-23-15(14)5-7-22-20(28)13-3-2-4-16-18(13)19-25-17(24-11)6-8-27(19)26-16/h2-4,6,8-11H,5,7H2,1H3,(H,22,28)(H,24,25)/t11-/m1/s1. The van der Waals surface area contributed by atoms with Crippen LogP contribution in [0.25, 0.3) is 16.6 Å². The molecule has 1 atom stereocenters. The molecule has 2 N–H and O–H groups in total. The number of benzene rings is 1. The first kappa shape index (κ1) is 16.6. The van der Waals surface area contributed by atoms with Crippen LogP contribution in [-0.4, -0.2) is 32.0 Å². The number of aromatic nitrogens is 4. The maximum absolute atomic E-state index is 13.8. The Morgan fingerprint density at radius 3 is 3.07 bits per heavy atom. The van der Waals surface area contributed by atoms with E-state index in [0.29, 0.717) is 40.9 Å². The van der Waals surface area contributed by atoms with E-state index in [1.165, 1.54) is 12.3 Å². The summed E-state index contributed by atoms with van der Waals surface area (Å²) in [6, 6.07) is 8.51. The van der Waals surface area contributed by atoms with Crippen LogP contribution in [-0.2, 0) is 6.42 Å². The van der Waals surface area contributed by atoms with Crippen LogP contribution in [0.2, 0.25) is 0 Å². The summed E-state index contributed by atoms with van der Waals surface area (Å²) in [5, 5.41) is 11.5. The second-order valence-electron chi connectivity index (χ2n) is 6.84. The average Bonchev–Trinajstić information content (AvgIpc) is 3.06. The van der Waals surface area contributed by atoms with Crippen LogP contribution in [0.3, 0.4) is 0 Å². The van der Waals surface area contributed by atoms with Crippen LogP contribution in [0, 0.1) is 5.82 Å². The lowest BCUT2D eigenvalue weighted by Gasteiger charge is -2.18. The first-order valence-electron chi connectivity index (χ1n) is 9.07. The van der Waals surface area contributed by atoms with Crippen molar-refractivity contribution in [3.05, 3.63) is 65.4 Å². The Balaban J connectivity index is 1.71. The molecule has 0 unspecified atom stereocenters. The Hall–Kier alpha value is -3.55. The molecule has 0 aliphatic carbocycles. The summed E-state index contributed by atoms with van der Waals surface area (Å²) in [6.07, 6.45) is 3.50. The Morgan fingerprint density at radius 2 is 2.18 bits per heavy atom. The molecule has 8 heteroatoms. The molecule has 7 nitrogen and oxygen atoms in total. The number of nitrogens with zero attached hydrogens (tertiary/aromatic N) is 4. The number of nitrogens with one attached hydrogen (secondary N) is 2. The van der Waals surface area contributed by atoms with Gasteiger partial charge in [0.25, 0.3) is 5.91 Å². The zero-order valence-corrected chi connectivity index (χ0v) is 15.1. The molecule has 0 fully saturated rings. The third-order valence-corrected chi connectivity index (χ3v) is 4.99. The van der Waals surface area contributed by atoms with Crippen LogP contribution in [0.5, 0.6) is 0 Å². The fourth-order valence-corrected chi connectivity index (χ4v) is 3.67. The second-order valence-corrected chi connectivity index (χ2v) is 6.84. The quantitative estimate of drug-likeness (QED) is 0.493. The molecule has 1 aliphatic heterocycles. The SMILES string of the molecule is C[C@H]1Nc2ccn3nc4cccc(c4c3n2)C(=O)NCCc2ncc(F)cc21. The highest BCUT2D eigenvalue weighted by Crippen LogP contribution is 2.26. The highest BCUT2D eigenvalue weighted by atomic mass is 19.1. The number of carbonyl (C=O) groups excluding carboxylic acids is 1. The van der Waals surface area contributed by atoms with Crippen molar-refractivity contribution in [3.8, 4) is 0 Å². The lowest BCUT2D eigenvalue weighted by atomic mass is 10.0. The molecule has 140 valence electrons. The van der Waals surface area contributed by atoms with Gasteiger partial charge in [-0.2, -0.15) is 5.10 Å². The lowest BCUT2D eigenvalue weighted by molar-refractivity contribution is 0.0955. The maximum atomic E-state index is 13.8. The van der Waals surface area contributed by atoms with Crippen molar-refractivity contribution in [3.63, 3.8) is 0 Å². The molecule has 0 spiro atoms. The van der Waals surface area contributed by atoms with Gasteiger partial charge in [0.2, 0.25) is 0 Å².